The normalized spacial score (nSPS) is 27.3. The Bertz CT molecular complexity index is 208. The SMILES string of the molecule is CSCCN(C)CC1CC(C)CCC1=O. The maximum atomic E-state index is 11.7. The van der Waals surface area contributed by atoms with Gasteiger partial charge in [0.15, 0.2) is 0 Å². The monoisotopic (exact) mass is 229 g/mol. The lowest BCUT2D eigenvalue weighted by atomic mass is 9.81. The molecule has 1 fully saturated rings. The Morgan fingerprint density at radius 1 is 1.53 bits per heavy atom. The van der Waals surface area contributed by atoms with Gasteiger partial charge < -0.3 is 4.90 Å². The van der Waals surface area contributed by atoms with Crippen molar-refractivity contribution in [1.82, 2.24) is 4.90 Å². The molecule has 2 unspecified atom stereocenters. The first-order chi connectivity index (χ1) is 7.13. The molecule has 3 heteroatoms. The number of carbonyl (C=O) groups is 1. The van der Waals surface area contributed by atoms with Gasteiger partial charge in [0.25, 0.3) is 0 Å². The summed E-state index contributed by atoms with van der Waals surface area (Å²) in [5, 5.41) is 0. The van der Waals surface area contributed by atoms with Gasteiger partial charge >= 0.3 is 0 Å². The Balaban J connectivity index is 2.31. The highest BCUT2D eigenvalue weighted by Gasteiger charge is 2.26. The van der Waals surface area contributed by atoms with Crippen molar-refractivity contribution in [3.63, 3.8) is 0 Å². The molecular weight excluding hydrogens is 206 g/mol. The van der Waals surface area contributed by atoms with Crippen LogP contribution in [0.1, 0.15) is 26.2 Å². The number of carbonyl (C=O) groups excluding carboxylic acids is 1. The van der Waals surface area contributed by atoms with E-state index >= 15 is 0 Å². The van der Waals surface area contributed by atoms with Crippen LogP contribution >= 0.6 is 11.8 Å². The van der Waals surface area contributed by atoms with Crippen LogP contribution in [0.4, 0.5) is 0 Å². The zero-order valence-electron chi connectivity index (χ0n) is 10.2. The summed E-state index contributed by atoms with van der Waals surface area (Å²) < 4.78 is 0. The molecule has 15 heavy (non-hydrogen) atoms. The average Bonchev–Trinajstić information content (AvgIpc) is 2.20. The van der Waals surface area contributed by atoms with Crippen LogP contribution in [0.25, 0.3) is 0 Å². The number of rotatable bonds is 5. The molecule has 0 amide bonds. The highest BCUT2D eigenvalue weighted by Crippen LogP contribution is 2.26. The van der Waals surface area contributed by atoms with Crippen molar-refractivity contribution in [2.45, 2.75) is 26.2 Å². The molecule has 0 radical (unpaired) electrons. The van der Waals surface area contributed by atoms with Gasteiger partial charge in [0.2, 0.25) is 0 Å². The topological polar surface area (TPSA) is 20.3 Å². The standard InChI is InChI=1S/C12H23NOS/c1-10-4-5-12(14)11(8-10)9-13(2)6-7-15-3/h10-11H,4-9H2,1-3H3. The van der Waals surface area contributed by atoms with Gasteiger partial charge in [-0.25, -0.2) is 0 Å². The Kier molecular flexibility index (Phi) is 5.69. The van der Waals surface area contributed by atoms with E-state index in [0.717, 1.165) is 44.0 Å². The zero-order chi connectivity index (χ0) is 11.3. The second-order valence-electron chi connectivity index (χ2n) is 4.80. The number of hydrogen-bond acceptors (Lipinski definition) is 3. The molecule has 1 rings (SSSR count). The molecule has 0 aromatic rings. The molecule has 1 saturated carbocycles. The smallest absolute Gasteiger partial charge is 0.137 e. The van der Waals surface area contributed by atoms with Crippen LogP contribution in [-0.2, 0) is 4.79 Å². The molecule has 0 aliphatic heterocycles. The third kappa shape index (κ3) is 4.56. The molecule has 88 valence electrons. The predicted octanol–water partition coefficient (Wildman–Crippen LogP) is 2.29. The summed E-state index contributed by atoms with van der Waals surface area (Å²) >= 11 is 1.87. The van der Waals surface area contributed by atoms with E-state index in [1.54, 1.807) is 0 Å². The molecule has 1 aliphatic rings. The highest BCUT2D eigenvalue weighted by atomic mass is 32.2. The van der Waals surface area contributed by atoms with Crippen molar-refractivity contribution in [2.24, 2.45) is 11.8 Å². The largest absolute Gasteiger partial charge is 0.305 e. The van der Waals surface area contributed by atoms with Crippen LogP contribution in [0.5, 0.6) is 0 Å². The summed E-state index contributed by atoms with van der Waals surface area (Å²) in [7, 11) is 2.13. The average molecular weight is 229 g/mol. The minimum atomic E-state index is 0.306. The van der Waals surface area contributed by atoms with E-state index < -0.39 is 0 Å². The molecule has 2 atom stereocenters. The third-order valence-corrected chi connectivity index (χ3v) is 3.83. The van der Waals surface area contributed by atoms with Crippen LogP contribution in [0, 0.1) is 11.8 Å². The van der Waals surface area contributed by atoms with E-state index in [-0.39, 0.29) is 0 Å². The van der Waals surface area contributed by atoms with Crippen molar-refractivity contribution in [3.8, 4) is 0 Å². The zero-order valence-corrected chi connectivity index (χ0v) is 11.0. The number of hydrogen-bond donors (Lipinski definition) is 0. The molecule has 0 N–H and O–H groups in total. The molecule has 0 heterocycles. The molecule has 2 nitrogen and oxygen atoms in total. The summed E-state index contributed by atoms with van der Waals surface area (Å²) in [6.07, 6.45) is 5.14. The lowest BCUT2D eigenvalue weighted by Gasteiger charge is -2.29. The van der Waals surface area contributed by atoms with Crippen LogP contribution in [0.2, 0.25) is 0 Å². The van der Waals surface area contributed by atoms with Gasteiger partial charge in [-0.05, 0) is 32.1 Å². The van der Waals surface area contributed by atoms with E-state index in [4.69, 9.17) is 0 Å². The molecule has 0 aromatic heterocycles. The van der Waals surface area contributed by atoms with Gasteiger partial charge in [-0.3, -0.25) is 4.79 Å². The van der Waals surface area contributed by atoms with Gasteiger partial charge in [-0.2, -0.15) is 11.8 Å². The lowest BCUT2D eigenvalue weighted by Crippen LogP contribution is -2.35. The predicted molar refractivity (Wildman–Crippen MR) is 67.4 cm³/mol. The highest BCUT2D eigenvalue weighted by molar-refractivity contribution is 7.98. The van der Waals surface area contributed by atoms with Crippen LogP contribution < -0.4 is 0 Å². The Hall–Kier alpha value is -0.0200. The van der Waals surface area contributed by atoms with Crippen molar-refractivity contribution in [3.05, 3.63) is 0 Å². The summed E-state index contributed by atoms with van der Waals surface area (Å²) in [5.74, 6) is 2.69. The van der Waals surface area contributed by atoms with Gasteiger partial charge in [0, 0.05) is 31.2 Å². The van der Waals surface area contributed by atoms with Crippen molar-refractivity contribution >= 4 is 17.5 Å². The van der Waals surface area contributed by atoms with Crippen LogP contribution in [-0.4, -0.2) is 42.8 Å². The maximum absolute atomic E-state index is 11.7. The molecule has 1 aliphatic carbocycles. The first kappa shape index (κ1) is 13.0. The molecule has 0 spiro atoms. The number of ketones is 1. The van der Waals surface area contributed by atoms with E-state index in [9.17, 15) is 4.79 Å². The summed E-state index contributed by atoms with van der Waals surface area (Å²) in [5.41, 5.74) is 0. The second-order valence-corrected chi connectivity index (χ2v) is 5.78. The maximum Gasteiger partial charge on any atom is 0.137 e. The van der Waals surface area contributed by atoms with Crippen LogP contribution in [0.15, 0.2) is 0 Å². The fourth-order valence-electron chi connectivity index (χ4n) is 2.22. The Morgan fingerprint density at radius 2 is 2.27 bits per heavy atom. The van der Waals surface area contributed by atoms with E-state index in [1.807, 2.05) is 11.8 Å². The van der Waals surface area contributed by atoms with E-state index in [0.29, 0.717) is 11.7 Å². The third-order valence-electron chi connectivity index (χ3n) is 3.23. The molecule has 0 saturated heterocycles. The van der Waals surface area contributed by atoms with Crippen molar-refractivity contribution in [2.75, 3.05) is 32.1 Å². The van der Waals surface area contributed by atoms with Gasteiger partial charge in [0.05, 0.1) is 0 Å². The van der Waals surface area contributed by atoms with Crippen molar-refractivity contribution in [1.29, 1.82) is 0 Å². The minimum absolute atomic E-state index is 0.306. The van der Waals surface area contributed by atoms with Gasteiger partial charge in [0.1, 0.15) is 5.78 Å². The fourth-order valence-corrected chi connectivity index (χ4v) is 2.71. The van der Waals surface area contributed by atoms with Crippen molar-refractivity contribution < 1.29 is 4.79 Å². The first-order valence-corrected chi connectivity index (χ1v) is 7.23. The lowest BCUT2D eigenvalue weighted by molar-refractivity contribution is -0.126. The molecule has 0 aromatic carbocycles. The second kappa shape index (κ2) is 6.54. The Labute approximate surface area is 97.8 Å². The number of thioether (sulfide) groups is 1. The van der Waals surface area contributed by atoms with E-state index in [2.05, 4.69) is 25.1 Å². The van der Waals surface area contributed by atoms with E-state index in [1.165, 1.54) is 0 Å². The summed E-state index contributed by atoms with van der Waals surface area (Å²) in [6.45, 7) is 4.32. The van der Waals surface area contributed by atoms with Crippen LogP contribution in [0.3, 0.4) is 0 Å². The molecular formula is C12H23NOS. The minimum Gasteiger partial charge on any atom is -0.305 e. The quantitative estimate of drug-likeness (QED) is 0.721. The number of nitrogens with zero attached hydrogens (tertiary/aromatic N) is 1. The summed E-state index contributed by atoms with van der Waals surface area (Å²) in [4.78, 5) is 14.0. The summed E-state index contributed by atoms with van der Waals surface area (Å²) in [6, 6.07) is 0. The Morgan fingerprint density at radius 3 is 2.93 bits per heavy atom. The first-order valence-electron chi connectivity index (χ1n) is 5.83. The van der Waals surface area contributed by atoms with Gasteiger partial charge in [-0.1, -0.05) is 6.92 Å². The fraction of sp³-hybridized carbons (Fsp3) is 0.917. The molecule has 0 bridgehead atoms. The number of Topliss-reactive ketones (excluding diaryl/α,β-unsaturated/α-hetero) is 1. The van der Waals surface area contributed by atoms with Gasteiger partial charge in [-0.15, -0.1) is 0 Å².